The van der Waals surface area contributed by atoms with Crippen LogP contribution in [0.15, 0.2) is 78.9 Å². The summed E-state index contributed by atoms with van der Waals surface area (Å²) in [6.45, 7) is 1.09. The Morgan fingerprint density at radius 3 is 2.31 bits per heavy atom. The van der Waals surface area contributed by atoms with Crippen LogP contribution in [0.3, 0.4) is 0 Å². The lowest BCUT2D eigenvalue weighted by atomic mass is 9.84. The zero-order valence-electron chi connectivity index (χ0n) is 20.1. The van der Waals surface area contributed by atoms with Crippen molar-refractivity contribution >= 4 is 23.6 Å². The van der Waals surface area contributed by atoms with Crippen molar-refractivity contribution in [2.75, 3.05) is 26.8 Å². The number of rotatable bonds is 8. The highest BCUT2D eigenvalue weighted by molar-refractivity contribution is 6.30. The van der Waals surface area contributed by atoms with Crippen molar-refractivity contribution in [1.29, 1.82) is 0 Å². The van der Waals surface area contributed by atoms with Crippen LogP contribution in [0.4, 0.5) is 4.79 Å². The largest absolute Gasteiger partial charge is 0.496 e. The highest BCUT2D eigenvalue weighted by Crippen LogP contribution is 2.37. The summed E-state index contributed by atoms with van der Waals surface area (Å²) in [6.07, 6.45) is 0.438. The van der Waals surface area contributed by atoms with Gasteiger partial charge in [0.2, 0.25) is 0 Å². The third-order valence-corrected chi connectivity index (χ3v) is 6.56. The number of nitrogens with zero attached hydrogens (tertiary/aromatic N) is 1. The van der Waals surface area contributed by atoms with Gasteiger partial charge < -0.3 is 24.4 Å². The second-order valence-electron chi connectivity index (χ2n) is 8.54. The van der Waals surface area contributed by atoms with Gasteiger partial charge in [0.1, 0.15) is 17.1 Å². The highest BCUT2D eigenvalue weighted by atomic mass is 35.5. The molecule has 0 aliphatic carbocycles. The first kappa shape index (κ1) is 25.4. The van der Waals surface area contributed by atoms with E-state index < -0.39 is 11.7 Å². The standard InChI is InChI=1S/C28H29ClN2O5/c1-34-25-10-6-5-7-21(25)19-30-27(33)36-28(22-8-3-2-4-9-22)15-17-31(18-16-28)26(32)20-35-24-13-11-23(29)12-14-24/h2-14H,15-20H2,1H3,(H,30,33). The molecular weight excluding hydrogens is 480 g/mol. The maximum atomic E-state index is 12.9. The number of piperidine rings is 1. The maximum Gasteiger partial charge on any atom is 0.408 e. The van der Waals surface area contributed by atoms with Crippen LogP contribution in [0, 0.1) is 0 Å². The van der Waals surface area contributed by atoms with E-state index in [1.54, 1.807) is 36.3 Å². The lowest BCUT2D eigenvalue weighted by Crippen LogP contribution is -2.49. The number of hydrogen-bond donors (Lipinski definition) is 1. The van der Waals surface area contributed by atoms with Crippen molar-refractivity contribution in [2.45, 2.75) is 25.0 Å². The van der Waals surface area contributed by atoms with Gasteiger partial charge in [-0.1, -0.05) is 60.1 Å². The number of hydrogen-bond acceptors (Lipinski definition) is 5. The molecule has 1 aliphatic rings. The smallest absolute Gasteiger partial charge is 0.408 e. The van der Waals surface area contributed by atoms with Crippen molar-refractivity contribution in [3.8, 4) is 11.5 Å². The van der Waals surface area contributed by atoms with Gasteiger partial charge in [-0.15, -0.1) is 0 Å². The van der Waals surface area contributed by atoms with Gasteiger partial charge in [0.05, 0.1) is 7.11 Å². The van der Waals surface area contributed by atoms with Crippen molar-refractivity contribution < 1.29 is 23.8 Å². The van der Waals surface area contributed by atoms with Crippen molar-refractivity contribution in [3.05, 3.63) is 95.0 Å². The predicted octanol–water partition coefficient (Wildman–Crippen LogP) is 5.17. The Balaban J connectivity index is 1.38. The number of methoxy groups -OCH3 is 1. The number of benzene rings is 3. The Morgan fingerprint density at radius 1 is 0.944 bits per heavy atom. The minimum Gasteiger partial charge on any atom is -0.496 e. The Kier molecular flexibility index (Phi) is 8.33. The van der Waals surface area contributed by atoms with Gasteiger partial charge in [-0.25, -0.2) is 4.79 Å². The number of carbonyl (C=O) groups excluding carboxylic acids is 2. The van der Waals surface area contributed by atoms with E-state index in [2.05, 4.69) is 5.32 Å². The van der Waals surface area contributed by atoms with Crippen LogP contribution in [0.1, 0.15) is 24.0 Å². The normalized spacial score (nSPS) is 14.6. The minimum atomic E-state index is -0.833. The van der Waals surface area contributed by atoms with Crippen molar-refractivity contribution in [1.82, 2.24) is 10.2 Å². The molecule has 0 saturated carbocycles. The SMILES string of the molecule is COc1ccccc1CNC(=O)OC1(c2ccccc2)CCN(C(=O)COc2ccc(Cl)cc2)CC1. The molecule has 0 bridgehead atoms. The molecule has 7 nitrogen and oxygen atoms in total. The third-order valence-electron chi connectivity index (χ3n) is 6.30. The number of para-hydroxylation sites is 1. The summed E-state index contributed by atoms with van der Waals surface area (Å²) in [5.74, 6) is 1.16. The molecule has 3 aromatic carbocycles. The lowest BCUT2D eigenvalue weighted by molar-refractivity contribution is -0.138. The van der Waals surface area contributed by atoms with Crippen LogP contribution < -0.4 is 14.8 Å². The number of likely N-dealkylation sites (tertiary alicyclic amines) is 1. The highest BCUT2D eigenvalue weighted by Gasteiger charge is 2.41. The van der Waals surface area contributed by atoms with Gasteiger partial charge in [0.15, 0.2) is 6.61 Å². The van der Waals surface area contributed by atoms with Gasteiger partial charge in [0, 0.05) is 43.1 Å². The molecule has 0 radical (unpaired) electrons. The Labute approximate surface area is 215 Å². The number of amides is 2. The molecule has 3 aromatic rings. The van der Waals surface area contributed by atoms with E-state index in [0.717, 1.165) is 11.1 Å². The number of nitrogens with one attached hydrogen (secondary N) is 1. The number of carbonyl (C=O) groups is 2. The third kappa shape index (κ3) is 6.29. The summed E-state index contributed by atoms with van der Waals surface area (Å²) >= 11 is 5.90. The first-order valence-corrected chi connectivity index (χ1v) is 12.2. The molecule has 36 heavy (non-hydrogen) atoms. The maximum absolute atomic E-state index is 12.9. The van der Waals surface area contributed by atoms with Crippen LogP contribution in [-0.2, 0) is 21.7 Å². The van der Waals surface area contributed by atoms with Crippen LogP contribution in [0.2, 0.25) is 5.02 Å². The molecular formula is C28H29ClN2O5. The Morgan fingerprint density at radius 2 is 1.61 bits per heavy atom. The zero-order valence-corrected chi connectivity index (χ0v) is 20.9. The quantitative estimate of drug-likeness (QED) is 0.454. The predicted molar refractivity (Wildman–Crippen MR) is 137 cm³/mol. The van der Waals surface area contributed by atoms with E-state index in [4.69, 9.17) is 25.8 Å². The first-order chi connectivity index (χ1) is 17.5. The van der Waals surface area contributed by atoms with Crippen LogP contribution in [0.5, 0.6) is 11.5 Å². The molecule has 1 N–H and O–H groups in total. The second-order valence-corrected chi connectivity index (χ2v) is 8.98. The number of ether oxygens (including phenoxy) is 3. The molecule has 4 rings (SSSR count). The summed E-state index contributed by atoms with van der Waals surface area (Å²) in [5, 5.41) is 3.45. The zero-order chi connectivity index (χ0) is 25.4. The molecule has 1 fully saturated rings. The minimum absolute atomic E-state index is 0.0692. The van der Waals surface area contributed by atoms with Crippen LogP contribution in [-0.4, -0.2) is 43.7 Å². The Bertz CT molecular complexity index is 1160. The lowest BCUT2D eigenvalue weighted by Gasteiger charge is -2.41. The summed E-state index contributed by atoms with van der Waals surface area (Å²) in [4.78, 5) is 27.4. The number of alkyl carbamates (subject to hydrolysis) is 1. The van der Waals surface area contributed by atoms with Crippen molar-refractivity contribution in [2.24, 2.45) is 0 Å². The van der Waals surface area contributed by atoms with E-state index in [-0.39, 0.29) is 19.1 Å². The van der Waals surface area contributed by atoms with E-state index in [9.17, 15) is 9.59 Å². The van der Waals surface area contributed by atoms with Crippen molar-refractivity contribution in [3.63, 3.8) is 0 Å². The summed E-state index contributed by atoms with van der Waals surface area (Å²) in [5.41, 5.74) is 0.925. The molecule has 0 unspecified atom stereocenters. The summed E-state index contributed by atoms with van der Waals surface area (Å²) < 4.78 is 17.0. The van der Waals surface area contributed by atoms with Crippen LogP contribution >= 0.6 is 11.6 Å². The molecule has 0 aromatic heterocycles. The summed E-state index contributed by atoms with van der Waals surface area (Å²) in [6, 6.07) is 24.1. The molecule has 2 amide bonds. The topological polar surface area (TPSA) is 77.1 Å². The number of halogens is 1. The molecule has 1 aliphatic heterocycles. The molecule has 0 spiro atoms. The second kappa shape index (κ2) is 11.8. The van der Waals surface area contributed by atoms with E-state index >= 15 is 0 Å². The van der Waals surface area contributed by atoms with E-state index in [1.165, 1.54) is 0 Å². The first-order valence-electron chi connectivity index (χ1n) is 11.8. The van der Waals surface area contributed by atoms with E-state index in [0.29, 0.717) is 42.5 Å². The summed E-state index contributed by atoms with van der Waals surface area (Å²) in [7, 11) is 1.59. The fourth-order valence-corrected chi connectivity index (χ4v) is 4.43. The van der Waals surface area contributed by atoms with Gasteiger partial charge in [-0.2, -0.15) is 0 Å². The fourth-order valence-electron chi connectivity index (χ4n) is 4.31. The molecule has 0 atom stereocenters. The van der Waals surface area contributed by atoms with Gasteiger partial charge >= 0.3 is 6.09 Å². The molecule has 1 heterocycles. The van der Waals surface area contributed by atoms with Gasteiger partial charge in [0.25, 0.3) is 5.91 Å². The average molecular weight is 509 g/mol. The van der Waals surface area contributed by atoms with Gasteiger partial charge in [-0.05, 0) is 35.9 Å². The molecule has 1 saturated heterocycles. The molecule has 188 valence electrons. The van der Waals surface area contributed by atoms with E-state index in [1.807, 2.05) is 54.6 Å². The molecule has 8 heteroatoms. The van der Waals surface area contributed by atoms with Crippen LogP contribution in [0.25, 0.3) is 0 Å². The van der Waals surface area contributed by atoms with Gasteiger partial charge in [-0.3, -0.25) is 4.79 Å². The average Bonchev–Trinajstić information content (AvgIpc) is 2.92. The monoisotopic (exact) mass is 508 g/mol. The fraction of sp³-hybridized carbons (Fsp3) is 0.286. The Hall–Kier alpha value is -3.71.